The molecule has 2 heterocycles. The summed E-state index contributed by atoms with van der Waals surface area (Å²) in [7, 11) is -8.17. The number of benzene rings is 5. The molecule has 1 saturated heterocycles. The fourth-order valence-electron chi connectivity index (χ4n) is 7.05. The Balaban J connectivity index is 1.43. The highest BCUT2D eigenvalue weighted by atomic mass is 32.2. The zero-order chi connectivity index (χ0) is 32.9. The molecule has 7 nitrogen and oxygen atoms in total. The minimum atomic E-state index is -4.13. The second-order valence-electron chi connectivity index (χ2n) is 12.4. The zero-order valence-corrected chi connectivity index (χ0v) is 27.8. The molecule has 7 rings (SSSR count). The molecule has 9 heteroatoms. The van der Waals surface area contributed by atoms with Crippen molar-refractivity contribution in [1.29, 1.82) is 0 Å². The van der Waals surface area contributed by atoms with Gasteiger partial charge in [-0.15, -0.1) is 0 Å². The Morgan fingerprint density at radius 3 is 1.85 bits per heavy atom. The van der Waals surface area contributed by atoms with E-state index < -0.39 is 38.2 Å². The van der Waals surface area contributed by atoms with Crippen molar-refractivity contribution in [2.45, 2.75) is 54.6 Å². The fraction of sp³-hybridized carbons (Fsp3) is 0.211. The van der Waals surface area contributed by atoms with Crippen LogP contribution in [0.5, 0.6) is 0 Å². The summed E-state index contributed by atoms with van der Waals surface area (Å²) in [6.07, 6.45) is 0.139. The molecule has 0 amide bonds. The average Bonchev–Trinajstić information content (AvgIpc) is 3.08. The van der Waals surface area contributed by atoms with E-state index >= 15 is 0 Å². The lowest BCUT2D eigenvalue weighted by Crippen LogP contribution is -2.54. The summed E-state index contributed by atoms with van der Waals surface area (Å²) in [5, 5.41) is 13.7. The summed E-state index contributed by atoms with van der Waals surface area (Å²) >= 11 is 0. The molecule has 0 aromatic heterocycles. The van der Waals surface area contributed by atoms with Gasteiger partial charge < -0.3 is 5.11 Å². The standard InChI is InChI=1S/C38H36N2O5S2/c1-26-15-19-30(20-16-26)46(42,43)39-25-34-36(23-35(39)29-10-4-3-5-11-29)40(47(44,45)31-21-17-27(2)18-22-31)37(24-38(34)41)33-14-8-12-28-9-6-7-13-32(28)33/h3-22,35-37,41H,23-25H2,1-2H3/t35?,36-,37?/m0/s1. The van der Waals surface area contributed by atoms with Crippen LogP contribution < -0.4 is 0 Å². The van der Waals surface area contributed by atoms with E-state index in [-0.39, 0.29) is 34.9 Å². The first kappa shape index (κ1) is 31.3. The van der Waals surface area contributed by atoms with Crippen molar-refractivity contribution >= 4 is 30.8 Å². The molecule has 2 aliphatic heterocycles. The number of aliphatic hydroxyl groups is 1. The molecule has 3 atom stereocenters. The Kier molecular flexibility index (Phi) is 8.04. The molecule has 1 fully saturated rings. The smallest absolute Gasteiger partial charge is 0.244 e. The summed E-state index contributed by atoms with van der Waals surface area (Å²) in [4.78, 5) is 0.302. The van der Waals surface area contributed by atoms with Gasteiger partial charge in [0.15, 0.2) is 0 Å². The Morgan fingerprint density at radius 1 is 0.617 bits per heavy atom. The minimum Gasteiger partial charge on any atom is -0.512 e. The van der Waals surface area contributed by atoms with Gasteiger partial charge in [-0.2, -0.15) is 8.61 Å². The molecular weight excluding hydrogens is 629 g/mol. The van der Waals surface area contributed by atoms with Crippen LogP contribution in [0.2, 0.25) is 0 Å². The molecule has 0 bridgehead atoms. The topological polar surface area (TPSA) is 95.0 Å². The van der Waals surface area contributed by atoms with Gasteiger partial charge in [0.25, 0.3) is 0 Å². The molecule has 2 unspecified atom stereocenters. The van der Waals surface area contributed by atoms with Crippen LogP contribution in [0.25, 0.3) is 10.8 Å². The van der Waals surface area contributed by atoms with E-state index in [0.29, 0.717) is 5.57 Å². The second kappa shape index (κ2) is 12.1. The summed E-state index contributed by atoms with van der Waals surface area (Å²) < 4.78 is 61.3. The number of nitrogens with zero attached hydrogens (tertiary/aromatic N) is 2. The van der Waals surface area contributed by atoms with Crippen LogP contribution >= 0.6 is 0 Å². The third-order valence-corrected chi connectivity index (χ3v) is 13.3. The maximum atomic E-state index is 14.8. The molecule has 0 saturated carbocycles. The number of rotatable bonds is 6. The van der Waals surface area contributed by atoms with Crippen molar-refractivity contribution in [1.82, 2.24) is 8.61 Å². The molecule has 47 heavy (non-hydrogen) atoms. The van der Waals surface area contributed by atoms with Gasteiger partial charge in [-0.25, -0.2) is 16.8 Å². The quantitative estimate of drug-likeness (QED) is 0.202. The molecule has 5 aromatic rings. The summed E-state index contributed by atoms with van der Waals surface area (Å²) in [5.74, 6) is 0.0268. The Hall–Kier alpha value is -4.28. The summed E-state index contributed by atoms with van der Waals surface area (Å²) in [6, 6.07) is 34.3. The van der Waals surface area contributed by atoms with E-state index in [1.165, 1.54) is 4.31 Å². The lowest BCUT2D eigenvalue weighted by atomic mass is 9.83. The van der Waals surface area contributed by atoms with Crippen molar-refractivity contribution in [3.63, 3.8) is 0 Å². The van der Waals surface area contributed by atoms with Crippen molar-refractivity contribution in [2.75, 3.05) is 6.54 Å². The van der Waals surface area contributed by atoms with E-state index in [1.807, 2.05) is 86.6 Å². The normalized spacial score (nSPS) is 21.1. The van der Waals surface area contributed by atoms with Crippen LogP contribution in [-0.4, -0.2) is 43.1 Å². The molecule has 0 radical (unpaired) electrons. The van der Waals surface area contributed by atoms with E-state index in [0.717, 1.165) is 33.0 Å². The van der Waals surface area contributed by atoms with Gasteiger partial charge in [0.1, 0.15) is 0 Å². The Morgan fingerprint density at radius 2 is 1.19 bits per heavy atom. The van der Waals surface area contributed by atoms with E-state index in [9.17, 15) is 21.9 Å². The van der Waals surface area contributed by atoms with Gasteiger partial charge >= 0.3 is 0 Å². The fourth-order valence-corrected chi connectivity index (χ4v) is 10.4. The maximum absolute atomic E-state index is 14.8. The number of sulfonamides is 2. The Labute approximate surface area is 276 Å². The van der Waals surface area contributed by atoms with Crippen molar-refractivity contribution in [3.05, 3.63) is 155 Å². The summed E-state index contributed by atoms with van der Waals surface area (Å²) in [6.45, 7) is 3.66. The minimum absolute atomic E-state index is 0.0132. The number of hydrogen-bond donors (Lipinski definition) is 1. The Bertz CT molecular complexity index is 2190. The van der Waals surface area contributed by atoms with E-state index in [1.54, 1.807) is 52.8 Å². The first-order valence-electron chi connectivity index (χ1n) is 15.7. The molecule has 0 spiro atoms. The van der Waals surface area contributed by atoms with Gasteiger partial charge in [-0.3, -0.25) is 0 Å². The number of hydrogen-bond acceptors (Lipinski definition) is 5. The first-order chi connectivity index (χ1) is 22.6. The highest BCUT2D eigenvalue weighted by Crippen LogP contribution is 2.49. The van der Waals surface area contributed by atoms with Gasteiger partial charge in [-0.05, 0) is 66.4 Å². The van der Waals surface area contributed by atoms with Crippen LogP contribution in [0.3, 0.4) is 0 Å². The van der Waals surface area contributed by atoms with Gasteiger partial charge in [0.05, 0.1) is 33.7 Å². The predicted octanol–water partition coefficient (Wildman–Crippen LogP) is 7.61. The highest BCUT2D eigenvalue weighted by Gasteiger charge is 2.51. The average molecular weight is 665 g/mol. The first-order valence-corrected chi connectivity index (χ1v) is 18.6. The largest absolute Gasteiger partial charge is 0.512 e. The van der Waals surface area contributed by atoms with Crippen molar-refractivity contribution in [2.24, 2.45) is 0 Å². The molecule has 5 aromatic carbocycles. The highest BCUT2D eigenvalue weighted by molar-refractivity contribution is 7.89. The van der Waals surface area contributed by atoms with Crippen LogP contribution in [-0.2, 0) is 20.0 Å². The monoisotopic (exact) mass is 664 g/mol. The lowest BCUT2D eigenvalue weighted by Gasteiger charge is -2.49. The lowest BCUT2D eigenvalue weighted by molar-refractivity contribution is 0.145. The van der Waals surface area contributed by atoms with Crippen LogP contribution in [0, 0.1) is 13.8 Å². The van der Waals surface area contributed by atoms with Crippen LogP contribution in [0.15, 0.2) is 142 Å². The molecule has 1 N–H and O–H groups in total. The van der Waals surface area contributed by atoms with Crippen LogP contribution in [0.4, 0.5) is 0 Å². The number of aryl methyl sites for hydroxylation is 2. The molecule has 2 aliphatic rings. The number of aliphatic hydroxyl groups excluding tert-OH is 1. The van der Waals surface area contributed by atoms with Crippen molar-refractivity contribution < 1.29 is 21.9 Å². The van der Waals surface area contributed by atoms with Crippen molar-refractivity contribution in [3.8, 4) is 0 Å². The molecule has 240 valence electrons. The molecular formula is C38H36N2O5S2. The number of fused-ring (bicyclic) bond motifs is 2. The van der Waals surface area contributed by atoms with E-state index in [4.69, 9.17) is 0 Å². The second-order valence-corrected chi connectivity index (χ2v) is 16.2. The maximum Gasteiger partial charge on any atom is 0.244 e. The predicted molar refractivity (Wildman–Crippen MR) is 184 cm³/mol. The van der Waals surface area contributed by atoms with E-state index in [2.05, 4.69) is 0 Å². The third kappa shape index (κ3) is 5.57. The SMILES string of the molecule is Cc1ccc(S(=O)(=O)N2CC3=C(O)CC(c4cccc5ccccc45)N(S(=O)(=O)c4ccc(C)cc4)[C@H]3CC2c2ccccc2)cc1. The third-order valence-electron chi connectivity index (χ3n) is 9.48. The number of piperidine rings is 1. The zero-order valence-electron chi connectivity index (χ0n) is 26.2. The summed E-state index contributed by atoms with van der Waals surface area (Å²) in [5.41, 5.74) is 3.81. The van der Waals surface area contributed by atoms with Crippen LogP contribution in [0.1, 0.15) is 47.2 Å². The van der Waals surface area contributed by atoms with Gasteiger partial charge in [0.2, 0.25) is 20.0 Å². The van der Waals surface area contributed by atoms with Gasteiger partial charge in [-0.1, -0.05) is 108 Å². The molecule has 0 aliphatic carbocycles. The van der Waals surface area contributed by atoms with Gasteiger partial charge in [0, 0.05) is 18.5 Å².